The molecule has 1 fully saturated rings. The second-order valence-electron chi connectivity index (χ2n) is 5.52. The number of rotatable bonds is 4. The van der Waals surface area contributed by atoms with Gasteiger partial charge in [-0.1, -0.05) is 12.1 Å². The van der Waals surface area contributed by atoms with Crippen LogP contribution >= 0.6 is 35.0 Å². The molecule has 0 spiro atoms. The maximum absolute atomic E-state index is 12.1. The summed E-state index contributed by atoms with van der Waals surface area (Å²) in [4.78, 5) is 14.3. The Morgan fingerprint density at radius 1 is 1.52 bits per heavy atom. The van der Waals surface area contributed by atoms with Crippen LogP contribution in [0.5, 0.6) is 0 Å². The highest BCUT2D eigenvalue weighted by molar-refractivity contribution is 14.1. The maximum Gasteiger partial charge on any atom is 0.238 e. The average Bonchev–Trinajstić information content (AvgIpc) is 2.41. The number of nitrogens with one attached hydrogen (secondary N) is 1. The average molecular weight is 424 g/mol. The fraction of sp³-hybridized carbons (Fsp3) is 0.533. The second-order valence-corrected chi connectivity index (χ2v) is 6.69. The van der Waals surface area contributed by atoms with Crippen LogP contribution in [-0.2, 0) is 4.79 Å². The topological polar surface area (TPSA) is 58.4 Å². The van der Waals surface area contributed by atoms with Crippen molar-refractivity contribution in [3.63, 3.8) is 0 Å². The zero-order valence-electron chi connectivity index (χ0n) is 12.2. The summed E-state index contributed by atoms with van der Waals surface area (Å²) in [6, 6.07) is 8.03. The van der Waals surface area contributed by atoms with E-state index in [2.05, 4.69) is 39.7 Å². The summed E-state index contributed by atoms with van der Waals surface area (Å²) in [5.74, 6) is 0.563. The predicted molar refractivity (Wildman–Crippen MR) is 97.9 cm³/mol. The van der Waals surface area contributed by atoms with Gasteiger partial charge in [0.2, 0.25) is 5.91 Å². The molecule has 2 atom stereocenters. The Hall–Kier alpha value is -0.370. The molecule has 6 heteroatoms. The molecule has 1 aromatic rings. The molecule has 0 radical (unpaired) electrons. The van der Waals surface area contributed by atoms with Gasteiger partial charge in [0.25, 0.3) is 0 Å². The molecule has 2 unspecified atom stereocenters. The van der Waals surface area contributed by atoms with Gasteiger partial charge >= 0.3 is 0 Å². The minimum atomic E-state index is 0. The molecule has 0 aromatic heterocycles. The SMILES string of the molecule is CC(N)C1CCCN(CC(=O)Nc2ccccc2I)C1.Cl. The number of hydrogen-bond donors (Lipinski definition) is 2. The van der Waals surface area contributed by atoms with Crippen molar-refractivity contribution in [3.8, 4) is 0 Å². The molecule has 1 aliphatic heterocycles. The van der Waals surface area contributed by atoms with Gasteiger partial charge in [0, 0.05) is 16.2 Å². The van der Waals surface area contributed by atoms with Crippen LogP contribution in [0, 0.1) is 9.49 Å². The number of carbonyl (C=O) groups is 1. The fourth-order valence-electron chi connectivity index (χ4n) is 2.62. The molecule has 0 aliphatic carbocycles. The van der Waals surface area contributed by atoms with Gasteiger partial charge in [-0.2, -0.15) is 0 Å². The minimum Gasteiger partial charge on any atom is -0.328 e. The Morgan fingerprint density at radius 2 is 2.24 bits per heavy atom. The lowest BCUT2D eigenvalue weighted by atomic mass is 9.92. The molecular formula is C15H23ClIN3O. The van der Waals surface area contributed by atoms with E-state index in [-0.39, 0.29) is 24.4 Å². The number of nitrogens with zero attached hydrogens (tertiary/aromatic N) is 1. The summed E-state index contributed by atoms with van der Waals surface area (Å²) in [6.45, 7) is 4.42. The number of nitrogens with two attached hydrogens (primary N) is 1. The van der Waals surface area contributed by atoms with Crippen molar-refractivity contribution in [2.45, 2.75) is 25.8 Å². The van der Waals surface area contributed by atoms with Gasteiger partial charge in [-0.3, -0.25) is 9.69 Å². The number of likely N-dealkylation sites (tertiary alicyclic amines) is 1. The number of amides is 1. The number of para-hydroxylation sites is 1. The summed E-state index contributed by atoms with van der Waals surface area (Å²) in [5.41, 5.74) is 6.86. The summed E-state index contributed by atoms with van der Waals surface area (Å²) in [6.07, 6.45) is 2.30. The summed E-state index contributed by atoms with van der Waals surface area (Å²) in [7, 11) is 0. The maximum atomic E-state index is 12.1. The number of carbonyl (C=O) groups excluding carboxylic acids is 1. The van der Waals surface area contributed by atoms with Crippen molar-refractivity contribution < 1.29 is 4.79 Å². The van der Waals surface area contributed by atoms with E-state index in [4.69, 9.17) is 5.73 Å². The van der Waals surface area contributed by atoms with Gasteiger partial charge in [0.05, 0.1) is 12.2 Å². The highest BCUT2D eigenvalue weighted by atomic mass is 127. The molecule has 0 saturated carbocycles. The fourth-order valence-corrected chi connectivity index (χ4v) is 3.14. The van der Waals surface area contributed by atoms with Crippen LogP contribution in [0.15, 0.2) is 24.3 Å². The summed E-state index contributed by atoms with van der Waals surface area (Å²) in [5, 5.41) is 2.98. The third-order valence-electron chi connectivity index (χ3n) is 3.80. The largest absolute Gasteiger partial charge is 0.328 e. The van der Waals surface area contributed by atoms with E-state index in [9.17, 15) is 4.79 Å². The molecular weight excluding hydrogens is 401 g/mol. The summed E-state index contributed by atoms with van der Waals surface area (Å²) >= 11 is 2.23. The van der Waals surface area contributed by atoms with E-state index in [0.29, 0.717) is 12.5 Å². The van der Waals surface area contributed by atoms with Crippen molar-refractivity contribution in [1.29, 1.82) is 0 Å². The van der Waals surface area contributed by atoms with Gasteiger partial charge in [-0.15, -0.1) is 12.4 Å². The number of hydrogen-bond acceptors (Lipinski definition) is 3. The van der Waals surface area contributed by atoms with E-state index >= 15 is 0 Å². The lowest BCUT2D eigenvalue weighted by molar-refractivity contribution is -0.117. The van der Waals surface area contributed by atoms with Gasteiger partial charge in [-0.05, 0) is 67.0 Å². The molecule has 3 N–H and O–H groups in total. The first kappa shape index (κ1) is 18.7. The lowest BCUT2D eigenvalue weighted by Crippen LogP contribution is -2.45. The van der Waals surface area contributed by atoms with E-state index in [1.165, 1.54) is 6.42 Å². The van der Waals surface area contributed by atoms with Crippen LogP contribution in [0.1, 0.15) is 19.8 Å². The first-order valence-corrected chi connectivity index (χ1v) is 8.16. The third-order valence-corrected chi connectivity index (χ3v) is 4.74. The van der Waals surface area contributed by atoms with Crippen LogP contribution < -0.4 is 11.1 Å². The first-order valence-electron chi connectivity index (χ1n) is 7.08. The quantitative estimate of drug-likeness (QED) is 0.732. The zero-order chi connectivity index (χ0) is 14.5. The van der Waals surface area contributed by atoms with Crippen LogP contribution in [0.25, 0.3) is 0 Å². The van der Waals surface area contributed by atoms with Crippen LogP contribution in [0.4, 0.5) is 5.69 Å². The normalized spacial score (nSPS) is 20.4. The van der Waals surface area contributed by atoms with Crippen LogP contribution in [0.2, 0.25) is 0 Å². The van der Waals surface area contributed by atoms with Gasteiger partial charge < -0.3 is 11.1 Å². The second kappa shape index (κ2) is 8.92. The molecule has 118 valence electrons. The number of benzene rings is 1. The van der Waals surface area contributed by atoms with Crippen molar-refractivity contribution >= 4 is 46.6 Å². The van der Waals surface area contributed by atoms with E-state index in [0.717, 1.165) is 28.8 Å². The molecule has 2 rings (SSSR count). The molecule has 4 nitrogen and oxygen atoms in total. The number of piperidine rings is 1. The predicted octanol–water partition coefficient (Wildman–Crippen LogP) is 2.71. The van der Waals surface area contributed by atoms with Gasteiger partial charge in [0.15, 0.2) is 0 Å². The molecule has 1 heterocycles. The van der Waals surface area contributed by atoms with Crippen molar-refractivity contribution in [1.82, 2.24) is 4.90 Å². The van der Waals surface area contributed by atoms with Crippen molar-refractivity contribution in [2.24, 2.45) is 11.7 Å². The molecule has 1 aliphatic rings. The minimum absolute atomic E-state index is 0. The number of anilines is 1. The smallest absolute Gasteiger partial charge is 0.238 e. The van der Waals surface area contributed by atoms with Crippen molar-refractivity contribution in [3.05, 3.63) is 27.8 Å². The molecule has 21 heavy (non-hydrogen) atoms. The van der Waals surface area contributed by atoms with Gasteiger partial charge in [0.1, 0.15) is 0 Å². The van der Waals surface area contributed by atoms with E-state index in [1.807, 2.05) is 24.3 Å². The van der Waals surface area contributed by atoms with Gasteiger partial charge in [-0.25, -0.2) is 0 Å². The van der Waals surface area contributed by atoms with Crippen LogP contribution in [-0.4, -0.2) is 36.5 Å². The van der Waals surface area contributed by atoms with E-state index < -0.39 is 0 Å². The Bertz CT molecular complexity index is 470. The van der Waals surface area contributed by atoms with Crippen molar-refractivity contribution in [2.75, 3.05) is 25.0 Å². The third kappa shape index (κ3) is 5.73. The lowest BCUT2D eigenvalue weighted by Gasteiger charge is -2.34. The Labute approximate surface area is 146 Å². The molecule has 0 bridgehead atoms. The monoisotopic (exact) mass is 423 g/mol. The highest BCUT2D eigenvalue weighted by Crippen LogP contribution is 2.19. The first-order chi connectivity index (χ1) is 9.56. The zero-order valence-corrected chi connectivity index (χ0v) is 15.2. The summed E-state index contributed by atoms with van der Waals surface area (Å²) < 4.78 is 1.06. The van der Waals surface area contributed by atoms with Crippen LogP contribution in [0.3, 0.4) is 0 Å². The number of halogens is 2. The van der Waals surface area contributed by atoms with E-state index in [1.54, 1.807) is 0 Å². The Morgan fingerprint density at radius 3 is 2.90 bits per heavy atom. The Balaban J connectivity index is 0.00000220. The molecule has 1 aromatic carbocycles. The Kier molecular flexibility index (Phi) is 7.94. The molecule has 1 saturated heterocycles. The molecule has 1 amide bonds. The highest BCUT2D eigenvalue weighted by Gasteiger charge is 2.23. The standard InChI is InChI=1S/C15H22IN3O.ClH/c1-11(17)12-5-4-8-19(9-12)10-15(20)18-14-7-3-2-6-13(14)16;/h2-3,6-7,11-12H,4-5,8-10,17H2,1H3,(H,18,20);1H.